The zero-order valence-corrected chi connectivity index (χ0v) is 7.02. The highest BCUT2D eigenvalue weighted by Crippen LogP contribution is 2.21. The van der Waals surface area contributed by atoms with E-state index in [9.17, 15) is 9.90 Å². The van der Waals surface area contributed by atoms with Crippen molar-refractivity contribution < 1.29 is 19.4 Å². The Bertz CT molecular complexity index is 300. The van der Waals surface area contributed by atoms with Crippen LogP contribution in [0.1, 0.15) is 0 Å². The minimum absolute atomic E-state index is 0.0899. The molecule has 0 bridgehead atoms. The van der Waals surface area contributed by atoms with Crippen molar-refractivity contribution in [1.29, 1.82) is 0 Å². The van der Waals surface area contributed by atoms with E-state index in [0.29, 0.717) is 0 Å². The topological polar surface area (TPSA) is 68.3 Å². The first-order valence-electron chi connectivity index (χ1n) is 3.55. The normalized spacial score (nSPS) is 9.31. The molecule has 0 atom stereocenters. The van der Waals surface area contributed by atoms with E-state index < -0.39 is 5.97 Å². The van der Waals surface area contributed by atoms with Crippen LogP contribution in [0.2, 0.25) is 0 Å². The Balaban J connectivity index is 2.54. The average molecular weight is 182 g/mol. The van der Waals surface area contributed by atoms with Crippen LogP contribution in [0.5, 0.6) is 11.6 Å². The summed E-state index contributed by atoms with van der Waals surface area (Å²) in [6.07, 6.45) is 1.41. The second-order valence-corrected chi connectivity index (χ2v) is 2.17. The Morgan fingerprint density at radius 2 is 2.38 bits per heavy atom. The number of carbonyl (C=O) groups is 1. The van der Waals surface area contributed by atoms with Crippen molar-refractivity contribution in [3.8, 4) is 11.6 Å². The number of esters is 1. The van der Waals surface area contributed by atoms with E-state index in [-0.39, 0.29) is 18.2 Å². The smallest absolute Gasteiger partial charge is 0.343 e. The van der Waals surface area contributed by atoms with Gasteiger partial charge in [-0.3, -0.25) is 5.11 Å². The Hall–Kier alpha value is -1.78. The first kappa shape index (κ1) is 9.31. The molecule has 0 aromatic carbocycles. The highest BCUT2D eigenvalue weighted by molar-refractivity contribution is 5.70. The quantitative estimate of drug-likeness (QED) is 0.647. The van der Waals surface area contributed by atoms with Crippen LogP contribution < -0.4 is 4.74 Å². The average Bonchev–Trinajstić information content (AvgIpc) is 2.16. The number of pyridine rings is 1. The molecule has 5 nitrogen and oxygen atoms in total. The first-order chi connectivity index (χ1) is 6.24. The van der Waals surface area contributed by atoms with Gasteiger partial charge >= 0.3 is 5.97 Å². The van der Waals surface area contributed by atoms with Crippen molar-refractivity contribution in [1.82, 2.24) is 4.98 Å². The van der Waals surface area contributed by atoms with Gasteiger partial charge < -0.3 is 9.47 Å². The minimum atomic E-state index is -0.551. The predicted octanol–water partition coefficient (Wildman–Crippen LogP) is 0.777. The van der Waals surface area contributed by atoms with E-state index >= 15 is 0 Å². The van der Waals surface area contributed by atoms with E-state index in [0.717, 1.165) is 0 Å². The summed E-state index contributed by atoms with van der Waals surface area (Å²) in [6, 6.07) is 2.80. The van der Waals surface area contributed by atoms with Gasteiger partial charge in [-0.25, -0.2) is 9.78 Å². The molecule has 0 aliphatic rings. The van der Waals surface area contributed by atoms with Gasteiger partial charge in [-0.05, 0) is 12.1 Å². The highest BCUT2D eigenvalue weighted by Gasteiger charge is 2.07. The van der Waals surface area contributed by atoms with Crippen molar-refractivity contribution >= 4 is 5.97 Å². The summed E-state index contributed by atoms with van der Waals surface area (Å²) in [4.78, 5) is 14.3. The van der Waals surface area contributed by atoms with E-state index in [1.165, 1.54) is 25.4 Å². The number of rotatable bonds is 3. The molecule has 0 saturated heterocycles. The van der Waals surface area contributed by atoms with Crippen LogP contribution in [0.15, 0.2) is 18.3 Å². The SMILES string of the molecule is COC(=O)COc1ncccc1[O]. The second-order valence-electron chi connectivity index (χ2n) is 2.17. The molecular weight excluding hydrogens is 174 g/mol. The third-order valence-electron chi connectivity index (χ3n) is 1.29. The minimum Gasteiger partial charge on any atom is -0.466 e. The number of nitrogens with zero attached hydrogens (tertiary/aromatic N) is 1. The summed E-state index contributed by atoms with van der Waals surface area (Å²) in [7, 11) is 1.24. The van der Waals surface area contributed by atoms with Crippen LogP contribution in [0, 0.1) is 0 Å². The molecule has 0 aliphatic carbocycles. The van der Waals surface area contributed by atoms with Gasteiger partial charge in [0.05, 0.1) is 7.11 Å². The number of methoxy groups -OCH3 is 1. The summed E-state index contributed by atoms with van der Waals surface area (Å²) < 4.78 is 9.11. The number of hydrogen-bond acceptors (Lipinski definition) is 4. The fraction of sp³-hybridized carbons (Fsp3) is 0.250. The van der Waals surface area contributed by atoms with Crippen molar-refractivity contribution in [3.63, 3.8) is 0 Å². The maximum Gasteiger partial charge on any atom is 0.343 e. The monoisotopic (exact) mass is 182 g/mol. The van der Waals surface area contributed by atoms with Crippen LogP contribution in [-0.4, -0.2) is 24.7 Å². The molecule has 0 unspecified atom stereocenters. The molecule has 1 aromatic heterocycles. The van der Waals surface area contributed by atoms with Gasteiger partial charge in [0.15, 0.2) is 6.61 Å². The number of aromatic nitrogens is 1. The summed E-state index contributed by atoms with van der Waals surface area (Å²) >= 11 is 0. The summed E-state index contributed by atoms with van der Waals surface area (Å²) in [5, 5.41) is 11.0. The molecule has 0 N–H and O–H groups in total. The van der Waals surface area contributed by atoms with Gasteiger partial charge in [-0.2, -0.15) is 0 Å². The highest BCUT2D eigenvalue weighted by atomic mass is 16.6. The molecule has 1 heterocycles. The molecule has 0 aliphatic heterocycles. The fourth-order valence-corrected chi connectivity index (χ4v) is 0.671. The standard InChI is InChI=1S/C8H8NO4/c1-12-7(11)5-13-8-6(10)3-2-4-9-8/h2-4H,5H2,1H3. The molecule has 1 radical (unpaired) electrons. The van der Waals surface area contributed by atoms with Gasteiger partial charge in [0, 0.05) is 6.20 Å². The number of ether oxygens (including phenoxy) is 2. The van der Waals surface area contributed by atoms with Crippen LogP contribution in [-0.2, 0) is 14.6 Å². The van der Waals surface area contributed by atoms with Crippen molar-refractivity contribution in [2.45, 2.75) is 0 Å². The maximum absolute atomic E-state index is 11.0. The largest absolute Gasteiger partial charge is 0.466 e. The van der Waals surface area contributed by atoms with Gasteiger partial charge in [0.2, 0.25) is 5.75 Å². The van der Waals surface area contributed by atoms with Crippen LogP contribution in [0.4, 0.5) is 0 Å². The van der Waals surface area contributed by atoms with E-state index in [1.807, 2.05) is 0 Å². The second kappa shape index (κ2) is 4.30. The molecule has 0 spiro atoms. The molecular formula is C8H8NO4. The molecule has 0 fully saturated rings. The maximum atomic E-state index is 11.0. The first-order valence-corrected chi connectivity index (χ1v) is 3.55. The predicted molar refractivity (Wildman–Crippen MR) is 41.9 cm³/mol. The van der Waals surface area contributed by atoms with Crippen LogP contribution in [0.25, 0.3) is 0 Å². The summed E-state index contributed by atoms with van der Waals surface area (Å²) in [5.41, 5.74) is 0. The third-order valence-corrected chi connectivity index (χ3v) is 1.29. The molecule has 13 heavy (non-hydrogen) atoms. The Kier molecular flexibility index (Phi) is 3.08. The van der Waals surface area contributed by atoms with E-state index in [1.54, 1.807) is 0 Å². The van der Waals surface area contributed by atoms with Crippen LogP contribution >= 0.6 is 0 Å². The van der Waals surface area contributed by atoms with Gasteiger partial charge in [-0.15, -0.1) is 0 Å². The van der Waals surface area contributed by atoms with Crippen molar-refractivity contribution in [2.75, 3.05) is 13.7 Å². The fourth-order valence-electron chi connectivity index (χ4n) is 0.671. The molecule has 1 rings (SSSR count). The zero-order valence-electron chi connectivity index (χ0n) is 7.02. The zero-order chi connectivity index (χ0) is 9.68. The Labute approximate surface area is 74.9 Å². The summed E-state index contributed by atoms with van der Waals surface area (Å²) in [5.74, 6) is -0.996. The summed E-state index contributed by atoms with van der Waals surface area (Å²) in [6.45, 7) is -0.303. The lowest BCUT2D eigenvalue weighted by molar-refractivity contribution is -0.143. The molecule has 5 heteroatoms. The Morgan fingerprint density at radius 1 is 1.62 bits per heavy atom. The third kappa shape index (κ3) is 2.62. The van der Waals surface area contributed by atoms with Gasteiger partial charge in [-0.1, -0.05) is 0 Å². The Morgan fingerprint density at radius 3 is 3.00 bits per heavy atom. The molecule has 0 saturated carbocycles. The van der Waals surface area contributed by atoms with Gasteiger partial charge in [0.25, 0.3) is 5.88 Å². The van der Waals surface area contributed by atoms with E-state index in [2.05, 4.69) is 9.72 Å². The lowest BCUT2D eigenvalue weighted by Gasteiger charge is -2.02. The van der Waals surface area contributed by atoms with Crippen LogP contribution in [0.3, 0.4) is 0 Å². The molecule has 69 valence electrons. The number of hydrogen-bond donors (Lipinski definition) is 0. The molecule has 0 amide bonds. The van der Waals surface area contributed by atoms with E-state index in [4.69, 9.17) is 4.74 Å². The van der Waals surface area contributed by atoms with Gasteiger partial charge in [0.1, 0.15) is 0 Å². The number of carbonyl (C=O) groups excluding carboxylic acids is 1. The van der Waals surface area contributed by atoms with Crippen molar-refractivity contribution in [3.05, 3.63) is 18.3 Å². The lowest BCUT2D eigenvalue weighted by atomic mass is 10.4. The lowest BCUT2D eigenvalue weighted by Crippen LogP contribution is -2.13. The molecule has 1 aromatic rings. The van der Waals surface area contributed by atoms with Crippen molar-refractivity contribution in [2.24, 2.45) is 0 Å².